The molecular weight excluding hydrogens is 498 g/mol. The maximum Gasteiger partial charge on any atom is 0.322 e. The molecule has 1 aromatic heterocycles. The van der Waals surface area contributed by atoms with Gasteiger partial charge in [-0.1, -0.05) is 68.8 Å². The molecular formula is C26H30BrN3O2S. The van der Waals surface area contributed by atoms with Gasteiger partial charge in [0.15, 0.2) is 0 Å². The zero-order valence-electron chi connectivity index (χ0n) is 19.0. The lowest BCUT2D eigenvalue weighted by molar-refractivity contribution is -0.133. The van der Waals surface area contributed by atoms with Crippen molar-refractivity contribution in [2.45, 2.75) is 33.4 Å². The van der Waals surface area contributed by atoms with Gasteiger partial charge in [-0.05, 0) is 51.0 Å². The fraction of sp³-hybridized carbons (Fsp3) is 0.308. The first kappa shape index (κ1) is 25.0. The molecule has 3 aromatic rings. The third-order valence-electron chi connectivity index (χ3n) is 5.45. The molecule has 0 aliphatic heterocycles. The Kier molecular flexibility index (Phi) is 9.51. The third-order valence-corrected chi connectivity index (χ3v) is 7.01. The second kappa shape index (κ2) is 12.6. The van der Waals surface area contributed by atoms with Gasteiger partial charge >= 0.3 is 6.03 Å². The number of urea groups is 1. The number of carbonyl (C=O) groups excluding carboxylic acids is 2. The monoisotopic (exact) mass is 527 g/mol. The highest BCUT2D eigenvalue weighted by atomic mass is 79.9. The van der Waals surface area contributed by atoms with Gasteiger partial charge in [0.05, 0.1) is 12.2 Å². The van der Waals surface area contributed by atoms with Gasteiger partial charge in [-0.3, -0.25) is 4.79 Å². The van der Waals surface area contributed by atoms with E-state index in [1.165, 1.54) is 0 Å². The highest BCUT2D eigenvalue weighted by molar-refractivity contribution is 9.10. The minimum absolute atomic E-state index is 0.0266. The van der Waals surface area contributed by atoms with Crippen molar-refractivity contribution in [2.24, 2.45) is 5.92 Å². The summed E-state index contributed by atoms with van der Waals surface area (Å²) in [5.41, 5.74) is 1.75. The number of anilines is 1. The highest BCUT2D eigenvalue weighted by Gasteiger charge is 2.24. The predicted molar refractivity (Wildman–Crippen MR) is 139 cm³/mol. The number of nitrogens with one attached hydrogen (secondary N) is 1. The molecule has 0 fully saturated rings. The van der Waals surface area contributed by atoms with E-state index in [-0.39, 0.29) is 24.4 Å². The minimum atomic E-state index is -0.272. The number of hydrogen-bond donors (Lipinski definition) is 1. The first-order valence-corrected chi connectivity index (χ1v) is 12.8. The van der Waals surface area contributed by atoms with Crippen LogP contribution < -0.4 is 5.32 Å². The molecule has 0 aliphatic rings. The van der Waals surface area contributed by atoms with E-state index in [0.717, 1.165) is 21.3 Å². The van der Waals surface area contributed by atoms with E-state index < -0.39 is 0 Å². The topological polar surface area (TPSA) is 52.7 Å². The Morgan fingerprint density at radius 1 is 0.970 bits per heavy atom. The van der Waals surface area contributed by atoms with Gasteiger partial charge in [0, 0.05) is 22.4 Å². The number of rotatable bonds is 10. The number of carbonyl (C=O) groups is 2. The molecule has 5 nitrogen and oxygen atoms in total. The minimum Gasteiger partial charge on any atom is -0.332 e. The molecule has 0 saturated carbocycles. The molecule has 1 heterocycles. The summed E-state index contributed by atoms with van der Waals surface area (Å²) in [5, 5.41) is 4.97. The fourth-order valence-electron chi connectivity index (χ4n) is 3.37. The van der Waals surface area contributed by atoms with E-state index in [4.69, 9.17) is 0 Å². The maximum atomic E-state index is 13.5. The van der Waals surface area contributed by atoms with Gasteiger partial charge in [-0.25, -0.2) is 4.79 Å². The van der Waals surface area contributed by atoms with E-state index in [1.807, 2.05) is 77.0 Å². The average Bonchev–Trinajstić information content (AvgIpc) is 3.33. The zero-order valence-corrected chi connectivity index (χ0v) is 21.4. The van der Waals surface area contributed by atoms with Gasteiger partial charge in [0.1, 0.15) is 6.54 Å². The van der Waals surface area contributed by atoms with Crippen molar-refractivity contribution < 1.29 is 9.59 Å². The maximum absolute atomic E-state index is 13.5. The quantitative estimate of drug-likeness (QED) is 0.322. The van der Waals surface area contributed by atoms with Crippen molar-refractivity contribution in [3.05, 3.63) is 87.0 Å². The average molecular weight is 529 g/mol. The number of hydrogen-bond acceptors (Lipinski definition) is 3. The normalized spacial score (nSPS) is 11.6. The molecule has 33 heavy (non-hydrogen) atoms. The van der Waals surface area contributed by atoms with E-state index in [9.17, 15) is 9.59 Å². The van der Waals surface area contributed by atoms with Crippen LogP contribution in [-0.4, -0.2) is 34.8 Å². The smallest absolute Gasteiger partial charge is 0.322 e. The number of thiophene rings is 1. The highest BCUT2D eigenvalue weighted by Crippen LogP contribution is 2.22. The Morgan fingerprint density at radius 3 is 2.36 bits per heavy atom. The molecule has 0 bridgehead atoms. The van der Waals surface area contributed by atoms with Crippen molar-refractivity contribution in [3.63, 3.8) is 0 Å². The van der Waals surface area contributed by atoms with Crippen molar-refractivity contribution in [1.29, 1.82) is 0 Å². The van der Waals surface area contributed by atoms with Crippen LogP contribution in [0, 0.1) is 5.92 Å². The largest absolute Gasteiger partial charge is 0.332 e. The Balaban J connectivity index is 1.77. The fourth-order valence-corrected chi connectivity index (χ4v) is 4.47. The number of amides is 3. The van der Waals surface area contributed by atoms with Gasteiger partial charge in [0.25, 0.3) is 0 Å². The molecule has 7 heteroatoms. The van der Waals surface area contributed by atoms with Gasteiger partial charge in [0.2, 0.25) is 5.91 Å². The van der Waals surface area contributed by atoms with Crippen LogP contribution >= 0.6 is 27.3 Å². The standard InChI is InChI=1S/C26H30BrN3O2S/c1-3-20(2)16-30(26(32)28-24-14-8-7-13-23(24)27)19-25(31)29(18-22-12-9-15-33-22)17-21-10-5-4-6-11-21/h4-15,20H,3,16-19H2,1-2H3,(H,28,32)/t20-/m1/s1. The number of para-hydroxylation sites is 1. The second-order valence-corrected chi connectivity index (χ2v) is 10.0. The second-order valence-electron chi connectivity index (χ2n) is 8.12. The predicted octanol–water partition coefficient (Wildman–Crippen LogP) is 6.62. The van der Waals surface area contributed by atoms with Crippen LogP contribution in [0.3, 0.4) is 0 Å². The number of nitrogens with zero attached hydrogens (tertiary/aromatic N) is 2. The molecule has 1 N–H and O–H groups in total. The summed E-state index contributed by atoms with van der Waals surface area (Å²) in [6.07, 6.45) is 0.927. The van der Waals surface area contributed by atoms with E-state index >= 15 is 0 Å². The first-order valence-electron chi connectivity index (χ1n) is 11.1. The van der Waals surface area contributed by atoms with Crippen molar-refractivity contribution in [3.8, 4) is 0 Å². The number of benzene rings is 2. The van der Waals surface area contributed by atoms with Crippen LogP contribution in [0.4, 0.5) is 10.5 Å². The van der Waals surface area contributed by atoms with E-state index in [0.29, 0.717) is 25.3 Å². The number of halogens is 1. The van der Waals surface area contributed by atoms with Crippen LogP contribution in [0.1, 0.15) is 30.7 Å². The summed E-state index contributed by atoms with van der Waals surface area (Å²) < 4.78 is 0.802. The Labute approximate surface area is 208 Å². The summed E-state index contributed by atoms with van der Waals surface area (Å²) in [6, 6.07) is 21.2. The SMILES string of the molecule is CC[C@@H](C)CN(CC(=O)N(Cc1ccccc1)Cc1cccs1)C(=O)Nc1ccccc1Br. The molecule has 0 unspecified atom stereocenters. The summed E-state index contributed by atoms with van der Waals surface area (Å²) in [4.78, 5) is 31.2. The molecule has 3 rings (SSSR count). The van der Waals surface area contributed by atoms with Gasteiger partial charge in [-0.15, -0.1) is 11.3 Å². The summed E-state index contributed by atoms with van der Waals surface area (Å²) >= 11 is 5.11. The lowest BCUT2D eigenvalue weighted by Crippen LogP contribution is -2.45. The molecule has 0 saturated heterocycles. The van der Waals surface area contributed by atoms with Crippen LogP contribution in [0.2, 0.25) is 0 Å². The lowest BCUT2D eigenvalue weighted by Gasteiger charge is -2.29. The van der Waals surface area contributed by atoms with E-state index in [1.54, 1.807) is 16.2 Å². The van der Waals surface area contributed by atoms with Crippen molar-refractivity contribution in [1.82, 2.24) is 9.80 Å². The molecule has 2 aromatic carbocycles. The molecule has 0 radical (unpaired) electrons. The van der Waals surface area contributed by atoms with Crippen LogP contribution in [0.25, 0.3) is 0 Å². The summed E-state index contributed by atoms with van der Waals surface area (Å²) in [5.74, 6) is 0.209. The van der Waals surface area contributed by atoms with Crippen LogP contribution in [0.5, 0.6) is 0 Å². The van der Waals surface area contributed by atoms with E-state index in [2.05, 4.69) is 35.1 Å². The third kappa shape index (κ3) is 7.72. The van der Waals surface area contributed by atoms with Crippen LogP contribution in [-0.2, 0) is 17.9 Å². The first-order chi connectivity index (χ1) is 16.0. The molecule has 1 atom stereocenters. The van der Waals surface area contributed by atoms with Crippen LogP contribution in [0.15, 0.2) is 76.6 Å². The molecule has 3 amide bonds. The molecule has 0 spiro atoms. The summed E-state index contributed by atoms with van der Waals surface area (Å²) in [7, 11) is 0. The zero-order chi connectivity index (χ0) is 23.6. The van der Waals surface area contributed by atoms with Gasteiger partial charge < -0.3 is 15.1 Å². The molecule has 174 valence electrons. The summed E-state index contributed by atoms with van der Waals surface area (Å²) in [6.45, 7) is 5.75. The Morgan fingerprint density at radius 2 is 1.70 bits per heavy atom. The van der Waals surface area contributed by atoms with Crippen molar-refractivity contribution in [2.75, 3.05) is 18.4 Å². The Bertz CT molecular complexity index is 1030. The van der Waals surface area contributed by atoms with Crippen molar-refractivity contribution >= 4 is 44.9 Å². The van der Waals surface area contributed by atoms with Gasteiger partial charge in [-0.2, -0.15) is 0 Å². The molecule has 0 aliphatic carbocycles. The lowest BCUT2D eigenvalue weighted by atomic mass is 10.1. The Hall–Kier alpha value is -2.64.